The molecule has 3 aromatic rings. The zero-order chi connectivity index (χ0) is 17.8. The van der Waals surface area contributed by atoms with Gasteiger partial charge in [0.25, 0.3) is 0 Å². The molecular weight excluding hydrogens is 310 g/mol. The SMILES string of the molecule is Cc1ccc(CNC(=O)CCc2ccc3nc(C(C)C)[nH]c3c2)cc1. The fourth-order valence-electron chi connectivity index (χ4n) is 2.76. The average molecular weight is 335 g/mol. The van der Waals surface area contributed by atoms with Gasteiger partial charge in [0.05, 0.1) is 11.0 Å². The number of nitrogens with zero attached hydrogens (tertiary/aromatic N) is 1. The third-order valence-electron chi connectivity index (χ3n) is 4.36. The van der Waals surface area contributed by atoms with Gasteiger partial charge in [-0.3, -0.25) is 4.79 Å². The Morgan fingerprint density at radius 1 is 1.12 bits per heavy atom. The summed E-state index contributed by atoms with van der Waals surface area (Å²) in [5.74, 6) is 1.46. The number of amides is 1. The Morgan fingerprint density at radius 2 is 1.84 bits per heavy atom. The smallest absolute Gasteiger partial charge is 0.220 e. The predicted octanol–water partition coefficient (Wildman–Crippen LogP) is 4.24. The highest BCUT2D eigenvalue weighted by Gasteiger charge is 2.08. The third kappa shape index (κ3) is 4.47. The van der Waals surface area contributed by atoms with Crippen molar-refractivity contribution in [2.75, 3.05) is 0 Å². The molecule has 1 heterocycles. The number of carbonyl (C=O) groups is 1. The van der Waals surface area contributed by atoms with Crippen LogP contribution in [0.25, 0.3) is 11.0 Å². The molecule has 0 aliphatic carbocycles. The molecular formula is C21H25N3O. The lowest BCUT2D eigenvalue weighted by Gasteiger charge is -2.06. The fourth-order valence-corrected chi connectivity index (χ4v) is 2.76. The number of carbonyl (C=O) groups excluding carboxylic acids is 1. The molecule has 4 heteroatoms. The van der Waals surface area contributed by atoms with Crippen molar-refractivity contribution in [2.24, 2.45) is 0 Å². The molecule has 0 bridgehead atoms. The van der Waals surface area contributed by atoms with Gasteiger partial charge < -0.3 is 10.3 Å². The van der Waals surface area contributed by atoms with Crippen molar-refractivity contribution in [3.05, 3.63) is 65.0 Å². The van der Waals surface area contributed by atoms with E-state index in [1.807, 2.05) is 18.2 Å². The predicted molar refractivity (Wildman–Crippen MR) is 102 cm³/mol. The summed E-state index contributed by atoms with van der Waals surface area (Å²) < 4.78 is 0. The van der Waals surface area contributed by atoms with Gasteiger partial charge in [-0.15, -0.1) is 0 Å². The van der Waals surface area contributed by atoms with Crippen molar-refractivity contribution in [3.8, 4) is 0 Å². The third-order valence-corrected chi connectivity index (χ3v) is 4.36. The van der Waals surface area contributed by atoms with Crippen LogP contribution < -0.4 is 5.32 Å². The minimum absolute atomic E-state index is 0.0770. The minimum atomic E-state index is 0.0770. The van der Waals surface area contributed by atoms with Gasteiger partial charge in [-0.2, -0.15) is 0 Å². The molecule has 0 saturated carbocycles. The van der Waals surface area contributed by atoms with E-state index in [1.54, 1.807) is 0 Å². The van der Waals surface area contributed by atoms with E-state index < -0.39 is 0 Å². The highest BCUT2D eigenvalue weighted by molar-refractivity contribution is 5.78. The molecule has 25 heavy (non-hydrogen) atoms. The van der Waals surface area contributed by atoms with E-state index in [0.29, 0.717) is 18.9 Å². The van der Waals surface area contributed by atoms with Crippen molar-refractivity contribution in [1.82, 2.24) is 15.3 Å². The largest absolute Gasteiger partial charge is 0.352 e. The maximum atomic E-state index is 12.1. The second kappa shape index (κ2) is 7.51. The molecule has 2 N–H and O–H groups in total. The minimum Gasteiger partial charge on any atom is -0.352 e. The van der Waals surface area contributed by atoms with Crippen LogP contribution in [0.1, 0.15) is 48.7 Å². The molecule has 0 spiro atoms. The molecule has 0 aliphatic rings. The van der Waals surface area contributed by atoms with Crippen LogP contribution in [0.5, 0.6) is 0 Å². The number of imidazole rings is 1. The molecule has 0 saturated heterocycles. The Bertz CT molecular complexity index is 862. The zero-order valence-electron chi connectivity index (χ0n) is 15.1. The Kier molecular flexibility index (Phi) is 5.17. The first kappa shape index (κ1) is 17.2. The first-order valence-electron chi connectivity index (χ1n) is 8.82. The Morgan fingerprint density at radius 3 is 2.56 bits per heavy atom. The summed E-state index contributed by atoms with van der Waals surface area (Å²) >= 11 is 0. The van der Waals surface area contributed by atoms with E-state index in [-0.39, 0.29) is 5.91 Å². The van der Waals surface area contributed by atoms with E-state index in [2.05, 4.69) is 60.3 Å². The first-order valence-corrected chi connectivity index (χ1v) is 8.82. The Labute approximate surface area is 148 Å². The van der Waals surface area contributed by atoms with E-state index in [9.17, 15) is 4.79 Å². The molecule has 0 unspecified atom stereocenters. The number of rotatable bonds is 6. The van der Waals surface area contributed by atoms with Crippen LogP contribution in [-0.4, -0.2) is 15.9 Å². The van der Waals surface area contributed by atoms with Gasteiger partial charge in [-0.1, -0.05) is 49.7 Å². The van der Waals surface area contributed by atoms with Gasteiger partial charge in [0, 0.05) is 18.9 Å². The van der Waals surface area contributed by atoms with Crippen molar-refractivity contribution < 1.29 is 4.79 Å². The Hall–Kier alpha value is -2.62. The summed E-state index contributed by atoms with van der Waals surface area (Å²) in [6, 6.07) is 14.4. The number of aromatic nitrogens is 2. The standard InChI is InChI=1S/C21H25N3O/c1-14(2)21-23-18-10-8-16(12-19(18)24-21)9-11-20(25)22-13-17-6-4-15(3)5-7-17/h4-8,10,12,14H,9,11,13H2,1-3H3,(H,22,25)(H,23,24). The van der Waals surface area contributed by atoms with Crippen molar-refractivity contribution >= 4 is 16.9 Å². The van der Waals surface area contributed by atoms with E-state index >= 15 is 0 Å². The average Bonchev–Trinajstić information content (AvgIpc) is 3.03. The number of hydrogen-bond acceptors (Lipinski definition) is 2. The lowest BCUT2D eigenvalue weighted by molar-refractivity contribution is -0.121. The molecule has 1 amide bonds. The number of hydrogen-bond donors (Lipinski definition) is 2. The van der Waals surface area contributed by atoms with Crippen molar-refractivity contribution in [1.29, 1.82) is 0 Å². The molecule has 0 atom stereocenters. The number of fused-ring (bicyclic) bond motifs is 1. The van der Waals surface area contributed by atoms with Crippen molar-refractivity contribution in [2.45, 2.75) is 46.1 Å². The monoisotopic (exact) mass is 335 g/mol. The molecule has 0 fully saturated rings. The van der Waals surface area contributed by atoms with Crippen LogP contribution in [0.4, 0.5) is 0 Å². The lowest BCUT2D eigenvalue weighted by atomic mass is 10.1. The van der Waals surface area contributed by atoms with E-state index in [1.165, 1.54) is 5.56 Å². The van der Waals surface area contributed by atoms with Gasteiger partial charge in [0.1, 0.15) is 5.82 Å². The fraction of sp³-hybridized carbons (Fsp3) is 0.333. The van der Waals surface area contributed by atoms with E-state index in [4.69, 9.17) is 0 Å². The lowest BCUT2D eigenvalue weighted by Crippen LogP contribution is -2.22. The molecule has 0 radical (unpaired) electrons. The van der Waals surface area contributed by atoms with Gasteiger partial charge in [0.2, 0.25) is 5.91 Å². The van der Waals surface area contributed by atoms with Crippen LogP contribution in [0.2, 0.25) is 0 Å². The summed E-state index contributed by atoms with van der Waals surface area (Å²) in [5.41, 5.74) is 5.53. The number of aromatic amines is 1. The quantitative estimate of drug-likeness (QED) is 0.708. The van der Waals surface area contributed by atoms with Gasteiger partial charge in [0.15, 0.2) is 0 Å². The summed E-state index contributed by atoms with van der Waals surface area (Å²) in [4.78, 5) is 20.0. The van der Waals surface area contributed by atoms with Crippen molar-refractivity contribution in [3.63, 3.8) is 0 Å². The second-order valence-corrected chi connectivity index (χ2v) is 6.89. The molecule has 130 valence electrons. The van der Waals surface area contributed by atoms with Gasteiger partial charge in [-0.05, 0) is 36.6 Å². The Balaban J connectivity index is 1.54. The summed E-state index contributed by atoms with van der Waals surface area (Å²) in [5, 5.41) is 2.99. The summed E-state index contributed by atoms with van der Waals surface area (Å²) in [7, 11) is 0. The molecule has 0 aliphatic heterocycles. The maximum Gasteiger partial charge on any atom is 0.220 e. The second-order valence-electron chi connectivity index (χ2n) is 6.89. The highest BCUT2D eigenvalue weighted by Crippen LogP contribution is 2.19. The molecule has 2 aromatic carbocycles. The van der Waals surface area contributed by atoms with Gasteiger partial charge >= 0.3 is 0 Å². The molecule has 3 rings (SSSR count). The summed E-state index contributed by atoms with van der Waals surface area (Å²) in [6.07, 6.45) is 1.22. The topological polar surface area (TPSA) is 57.8 Å². The van der Waals surface area contributed by atoms with Crippen LogP contribution in [0.15, 0.2) is 42.5 Å². The normalized spacial score (nSPS) is 11.2. The highest BCUT2D eigenvalue weighted by atomic mass is 16.1. The number of benzene rings is 2. The van der Waals surface area contributed by atoms with Crippen LogP contribution in [0.3, 0.4) is 0 Å². The van der Waals surface area contributed by atoms with E-state index in [0.717, 1.165) is 34.4 Å². The molecule has 1 aromatic heterocycles. The van der Waals surface area contributed by atoms with Crippen LogP contribution in [0, 0.1) is 6.92 Å². The number of aryl methyl sites for hydroxylation is 2. The number of nitrogens with one attached hydrogen (secondary N) is 2. The zero-order valence-corrected chi connectivity index (χ0v) is 15.1. The van der Waals surface area contributed by atoms with Crippen LogP contribution >= 0.6 is 0 Å². The first-order chi connectivity index (χ1) is 12.0. The maximum absolute atomic E-state index is 12.1. The summed E-state index contributed by atoms with van der Waals surface area (Å²) in [6.45, 7) is 6.88. The van der Waals surface area contributed by atoms with Gasteiger partial charge in [-0.25, -0.2) is 4.98 Å². The number of H-pyrrole nitrogens is 1. The van der Waals surface area contributed by atoms with Crippen LogP contribution in [-0.2, 0) is 17.8 Å². The molecule has 4 nitrogen and oxygen atoms in total.